The van der Waals surface area contributed by atoms with Crippen molar-refractivity contribution in [3.8, 4) is 0 Å². The van der Waals surface area contributed by atoms with Crippen molar-refractivity contribution < 1.29 is 19.1 Å². The van der Waals surface area contributed by atoms with Crippen LogP contribution in [0.3, 0.4) is 0 Å². The third-order valence-corrected chi connectivity index (χ3v) is 4.12. The highest BCUT2D eigenvalue weighted by Crippen LogP contribution is 2.25. The Balaban J connectivity index is 2.46. The van der Waals surface area contributed by atoms with Gasteiger partial charge in [-0.1, -0.05) is 39.0 Å². The number of imide groups is 1. The lowest BCUT2D eigenvalue weighted by Crippen LogP contribution is -2.45. The maximum Gasteiger partial charge on any atom is 0.339 e. The lowest BCUT2D eigenvalue weighted by atomic mass is 10.00. The maximum absolute atomic E-state index is 12.9. The minimum Gasteiger partial charge on any atom is -0.448 e. The molecule has 2 rings (SSSR count). The summed E-state index contributed by atoms with van der Waals surface area (Å²) < 4.78 is 5.46. The molecule has 0 saturated heterocycles. The average Bonchev–Trinajstić information content (AvgIpc) is 2.57. The Bertz CT molecular complexity index is 861. The fourth-order valence-corrected chi connectivity index (χ4v) is 2.82. The number of rotatable bonds is 5. The minimum absolute atomic E-state index is 0.336. The molecule has 0 bridgehead atoms. The Kier molecular flexibility index (Phi) is 5.92. The minimum atomic E-state index is -1.13. The third-order valence-electron chi connectivity index (χ3n) is 4.12. The van der Waals surface area contributed by atoms with Crippen LogP contribution in [-0.4, -0.2) is 29.0 Å². The molecule has 3 amide bonds. The van der Waals surface area contributed by atoms with E-state index in [-0.39, 0.29) is 5.92 Å². The molecule has 2 aromatic rings. The van der Waals surface area contributed by atoms with E-state index in [1.807, 2.05) is 37.4 Å². The predicted molar refractivity (Wildman–Crippen MR) is 97.6 cm³/mol. The van der Waals surface area contributed by atoms with Gasteiger partial charge in [0.1, 0.15) is 0 Å². The number of nitrogens with two attached hydrogens (primary N) is 1. The van der Waals surface area contributed by atoms with E-state index in [2.05, 4.69) is 4.98 Å². The van der Waals surface area contributed by atoms with Gasteiger partial charge in [0, 0.05) is 11.1 Å². The highest BCUT2D eigenvalue weighted by Gasteiger charge is 2.29. The van der Waals surface area contributed by atoms with Gasteiger partial charge in [0.05, 0.1) is 11.1 Å². The zero-order chi connectivity index (χ0) is 19.4. The standard InChI is InChI=1S/C19H23N3O4/c1-5-13-11(4)15(12-8-6-7-9-14(12)21-13)18(24)26-16(10(2)3)17(23)22-19(20)25/h6-10,16H,5H2,1-4H3,(H3,20,22,23,25)/t16-/m0/s1. The van der Waals surface area contributed by atoms with Gasteiger partial charge in [0.25, 0.3) is 5.91 Å². The number of aromatic nitrogens is 1. The first kappa shape index (κ1) is 19.4. The van der Waals surface area contributed by atoms with Crippen LogP contribution in [0.25, 0.3) is 10.9 Å². The van der Waals surface area contributed by atoms with Crippen LogP contribution in [0.4, 0.5) is 4.79 Å². The zero-order valence-corrected chi connectivity index (χ0v) is 15.3. The Hall–Kier alpha value is -2.96. The second kappa shape index (κ2) is 7.95. The van der Waals surface area contributed by atoms with Crippen molar-refractivity contribution in [2.45, 2.75) is 40.2 Å². The molecule has 0 aliphatic heterocycles. The number of urea groups is 1. The third kappa shape index (κ3) is 3.99. The van der Waals surface area contributed by atoms with Gasteiger partial charge in [-0.25, -0.2) is 9.59 Å². The summed E-state index contributed by atoms with van der Waals surface area (Å²) in [6.45, 7) is 7.19. The summed E-state index contributed by atoms with van der Waals surface area (Å²) in [5, 5.41) is 2.62. The number of fused-ring (bicyclic) bond motifs is 1. The van der Waals surface area contributed by atoms with Crippen molar-refractivity contribution in [3.05, 3.63) is 41.1 Å². The Morgan fingerprint density at radius 3 is 2.46 bits per heavy atom. The first-order valence-electron chi connectivity index (χ1n) is 8.45. The molecule has 7 nitrogen and oxygen atoms in total. The summed E-state index contributed by atoms with van der Waals surface area (Å²) in [5.41, 5.74) is 7.56. The van der Waals surface area contributed by atoms with Gasteiger partial charge in [-0.3, -0.25) is 15.1 Å². The number of carbonyl (C=O) groups is 3. The van der Waals surface area contributed by atoms with Crippen LogP contribution < -0.4 is 11.1 Å². The molecule has 138 valence electrons. The average molecular weight is 357 g/mol. The summed E-state index contributed by atoms with van der Waals surface area (Å²) in [6.07, 6.45) is -0.474. The number of nitrogens with zero attached hydrogens (tertiary/aromatic N) is 1. The number of nitrogens with one attached hydrogen (secondary N) is 1. The summed E-state index contributed by atoms with van der Waals surface area (Å²) in [4.78, 5) is 40.6. The molecular formula is C19H23N3O4. The molecule has 0 radical (unpaired) electrons. The fourth-order valence-electron chi connectivity index (χ4n) is 2.82. The molecule has 0 saturated carbocycles. The van der Waals surface area contributed by atoms with Gasteiger partial charge >= 0.3 is 12.0 Å². The number of benzene rings is 1. The summed E-state index contributed by atoms with van der Waals surface area (Å²) in [7, 11) is 0. The van der Waals surface area contributed by atoms with Gasteiger partial charge in [-0.15, -0.1) is 0 Å². The molecule has 0 aliphatic carbocycles. The first-order chi connectivity index (χ1) is 12.3. The Morgan fingerprint density at radius 2 is 1.88 bits per heavy atom. The number of carbonyl (C=O) groups excluding carboxylic acids is 3. The van der Waals surface area contributed by atoms with E-state index in [0.29, 0.717) is 28.5 Å². The quantitative estimate of drug-likeness (QED) is 0.799. The highest BCUT2D eigenvalue weighted by atomic mass is 16.5. The van der Waals surface area contributed by atoms with Crippen LogP contribution in [0.2, 0.25) is 0 Å². The monoisotopic (exact) mass is 357 g/mol. The zero-order valence-electron chi connectivity index (χ0n) is 15.3. The normalized spacial score (nSPS) is 12.0. The van der Waals surface area contributed by atoms with Gasteiger partial charge in [0.15, 0.2) is 6.10 Å². The van der Waals surface area contributed by atoms with Crippen molar-refractivity contribution in [1.82, 2.24) is 10.3 Å². The Morgan fingerprint density at radius 1 is 1.23 bits per heavy atom. The van der Waals surface area contributed by atoms with Crippen molar-refractivity contribution >= 4 is 28.8 Å². The smallest absolute Gasteiger partial charge is 0.339 e. The van der Waals surface area contributed by atoms with E-state index in [9.17, 15) is 14.4 Å². The molecule has 0 spiro atoms. The largest absolute Gasteiger partial charge is 0.448 e. The lowest BCUT2D eigenvalue weighted by Gasteiger charge is -2.21. The first-order valence-corrected chi connectivity index (χ1v) is 8.45. The van der Waals surface area contributed by atoms with Crippen LogP contribution in [-0.2, 0) is 16.0 Å². The molecule has 0 unspecified atom stereocenters. The van der Waals surface area contributed by atoms with Crippen molar-refractivity contribution in [2.24, 2.45) is 11.7 Å². The summed E-state index contributed by atoms with van der Waals surface area (Å²) in [5.74, 6) is -1.71. The maximum atomic E-state index is 12.9. The molecule has 0 aliphatic rings. The number of esters is 1. The topological polar surface area (TPSA) is 111 Å². The molecule has 0 fully saturated rings. The van der Waals surface area contributed by atoms with Crippen LogP contribution >= 0.6 is 0 Å². The molecule has 26 heavy (non-hydrogen) atoms. The number of pyridine rings is 1. The lowest BCUT2D eigenvalue weighted by molar-refractivity contribution is -0.130. The van der Waals surface area contributed by atoms with E-state index in [1.165, 1.54) is 0 Å². The second-order valence-electron chi connectivity index (χ2n) is 6.35. The SMILES string of the molecule is CCc1nc2ccccc2c(C(=O)O[C@H](C(=O)NC(N)=O)C(C)C)c1C. The predicted octanol–water partition coefficient (Wildman–Crippen LogP) is 2.48. The van der Waals surface area contributed by atoms with Gasteiger partial charge in [-0.2, -0.15) is 0 Å². The van der Waals surface area contributed by atoms with Crippen LogP contribution in [0.5, 0.6) is 0 Å². The van der Waals surface area contributed by atoms with E-state index >= 15 is 0 Å². The van der Waals surface area contributed by atoms with E-state index in [4.69, 9.17) is 10.5 Å². The number of aryl methyl sites for hydroxylation is 1. The fraction of sp³-hybridized carbons (Fsp3) is 0.368. The van der Waals surface area contributed by atoms with E-state index in [1.54, 1.807) is 19.9 Å². The number of para-hydroxylation sites is 1. The van der Waals surface area contributed by atoms with E-state index in [0.717, 1.165) is 5.69 Å². The van der Waals surface area contributed by atoms with Gasteiger partial charge in [-0.05, 0) is 30.9 Å². The molecule has 1 atom stereocenters. The molecular weight excluding hydrogens is 334 g/mol. The van der Waals surface area contributed by atoms with Crippen LogP contribution in [0.1, 0.15) is 42.4 Å². The van der Waals surface area contributed by atoms with E-state index < -0.39 is 24.0 Å². The number of hydrogen-bond donors (Lipinski definition) is 2. The van der Waals surface area contributed by atoms with Gasteiger partial charge in [0.2, 0.25) is 0 Å². The van der Waals surface area contributed by atoms with Crippen LogP contribution in [0.15, 0.2) is 24.3 Å². The summed E-state index contributed by atoms with van der Waals surface area (Å²) >= 11 is 0. The Labute approximate surface area is 151 Å². The van der Waals surface area contributed by atoms with Gasteiger partial charge < -0.3 is 10.5 Å². The van der Waals surface area contributed by atoms with Crippen molar-refractivity contribution in [1.29, 1.82) is 0 Å². The summed E-state index contributed by atoms with van der Waals surface area (Å²) in [6, 6.07) is 6.28. The molecule has 1 aromatic heterocycles. The second-order valence-corrected chi connectivity index (χ2v) is 6.35. The highest BCUT2D eigenvalue weighted by molar-refractivity contribution is 6.06. The number of primary amides is 1. The van der Waals surface area contributed by atoms with Crippen molar-refractivity contribution in [2.75, 3.05) is 0 Å². The molecule has 1 heterocycles. The number of ether oxygens (including phenoxy) is 1. The van der Waals surface area contributed by atoms with Crippen molar-refractivity contribution in [3.63, 3.8) is 0 Å². The number of amides is 3. The van der Waals surface area contributed by atoms with Crippen LogP contribution in [0, 0.1) is 12.8 Å². The molecule has 3 N–H and O–H groups in total. The number of hydrogen-bond acceptors (Lipinski definition) is 5. The molecule has 1 aromatic carbocycles. The molecule has 7 heteroatoms.